The van der Waals surface area contributed by atoms with Crippen molar-refractivity contribution in [3.05, 3.63) is 75.9 Å². The van der Waals surface area contributed by atoms with Gasteiger partial charge in [0.25, 0.3) is 0 Å². The Morgan fingerprint density at radius 1 is 1.04 bits per heavy atom. The van der Waals surface area contributed by atoms with Crippen molar-refractivity contribution < 1.29 is 24.6 Å². The van der Waals surface area contributed by atoms with Gasteiger partial charge in [-0.3, -0.25) is 4.79 Å². The molecule has 1 atom stereocenters. The molecule has 25 heavy (non-hydrogen) atoms. The van der Waals surface area contributed by atoms with Gasteiger partial charge >= 0.3 is 11.9 Å². The van der Waals surface area contributed by atoms with Crippen molar-refractivity contribution in [2.24, 2.45) is 5.41 Å². The van der Waals surface area contributed by atoms with E-state index in [4.69, 9.17) is 0 Å². The van der Waals surface area contributed by atoms with Gasteiger partial charge in [0.15, 0.2) is 5.78 Å². The summed E-state index contributed by atoms with van der Waals surface area (Å²) in [5.74, 6) is -2.72. The average molecular weight is 334 g/mol. The topological polar surface area (TPSA) is 91.7 Å². The summed E-state index contributed by atoms with van der Waals surface area (Å²) >= 11 is 0. The van der Waals surface area contributed by atoms with Crippen LogP contribution in [-0.2, 0) is 20.8 Å². The van der Waals surface area contributed by atoms with Crippen LogP contribution >= 0.6 is 0 Å². The SMILES string of the molecule is O=C(O)C1=CCC23Cc4ccccc4C=C2C(=O)C=CC3=C1C(=O)O. The number of rotatable bonds is 2. The van der Waals surface area contributed by atoms with Gasteiger partial charge in [0.05, 0.1) is 11.1 Å². The number of aliphatic carboxylic acids is 2. The summed E-state index contributed by atoms with van der Waals surface area (Å²) in [4.78, 5) is 35.8. The molecule has 1 aromatic carbocycles. The molecule has 0 aromatic heterocycles. The fourth-order valence-corrected chi connectivity index (χ4v) is 4.07. The minimum absolute atomic E-state index is 0.157. The number of carboxylic acids is 2. The van der Waals surface area contributed by atoms with E-state index in [0.717, 1.165) is 11.1 Å². The molecule has 5 heteroatoms. The van der Waals surface area contributed by atoms with Crippen molar-refractivity contribution >= 4 is 23.8 Å². The summed E-state index contributed by atoms with van der Waals surface area (Å²) in [5.41, 5.74) is 1.63. The maximum atomic E-state index is 12.5. The predicted molar refractivity (Wildman–Crippen MR) is 89.7 cm³/mol. The van der Waals surface area contributed by atoms with Crippen LogP contribution in [0.3, 0.4) is 0 Å². The molecule has 1 spiro atoms. The van der Waals surface area contributed by atoms with Gasteiger partial charge in [-0.05, 0) is 41.7 Å². The molecule has 3 aliphatic carbocycles. The zero-order chi connectivity index (χ0) is 17.8. The van der Waals surface area contributed by atoms with Crippen molar-refractivity contribution in [2.75, 3.05) is 0 Å². The average Bonchev–Trinajstić information content (AvgIpc) is 2.58. The standard InChI is InChI=1S/C20H14O5/c21-16-6-5-14-17(19(24)25)13(18(22)23)7-8-20(14)10-12-4-2-1-3-11(12)9-15(16)20/h1-7,9H,8,10H2,(H,22,23)(H,24,25). The van der Waals surface area contributed by atoms with Gasteiger partial charge in [0.2, 0.25) is 0 Å². The third-order valence-corrected chi connectivity index (χ3v) is 5.18. The minimum Gasteiger partial charge on any atom is -0.478 e. The lowest BCUT2D eigenvalue weighted by molar-refractivity contribution is -0.136. The smallest absolute Gasteiger partial charge is 0.336 e. The first-order valence-corrected chi connectivity index (χ1v) is 7.88. The first-order valence-electron chi connectivity index (χ1n) is 7.88. The van der Waals surface area contributed by atoms with Crippen LogP contribution in [-0.4, -0.2) is 27.9 Å². The monoisotopic (exact) mass is 334 g/mol. The lowest BCUT2D eigenvalue weighted by Crippen LogP contribution is -2.39. The highest BCUT2D eigenvalue weighted by Crippen LogP contribution is 2.53. The molecular weight excluding hydrogens is 320 g/mol. The summed E-state index contributed by atoms with van der Waals surface area (Å²) in [7, 11) is 0. The molecule has 0 heterocycles. The van der Waals surface area contributed by atoms with E-state index in [1.54, 1.807) is 0 Å². The van der Waals surface area contributed by atoms with Gasteiger partial charge in [0.1, 0.15) is 0 Å². The maximum Gasteiger partial charge on any atom is 0.336 e. The Bertz CT molecular complexity index is 974. The molecule has 0 saturated carbocycles. The van der Waals surface area contributed by atoms with Gasteiger partial charge < -0.3 is 10.2 Å². The van der Waals surface area contributed by atoms with Crippen molar-refractivity contribution in [2.45, 2.75) is 12.8 Å². The van der Waals surface area contributed by atoms with Crippen molar-refractivity contribution in [1.29, 1.82) is 0 Å². The summed E-state index contributed by atoms with van der Waals surface area (Å²) < 4.78 is 0. The Kier molecular flexibility index (Phi) is 3.15. The summed E-state index contributed by atoms with van der Waals surface area (Å²) in [5, 5.41) is 19.0. The van der Waals surface area contributed by atoms with E-state index in [2.05, 4.69) is 0 Å². The fraction of sp³-hybridized carbons (Fsp3) is 0.150. The molecule has 5 nitrogen and oxygen atoms in total. The van der Waals surface area contributed by atoms with Gasteiger partial charge in [-0.2, -0.15) is 0 Å². The molecule has 1 unspecified atom stereocenters. The largest absolute Gasteiger partial charge is 0.478 e. The number of benzene rings is 1. The van der Waals surface area contributed by atoms with Crippen LogP contribution in [0.4, 0.5) is 0 Å². The second-order valence-electron chi connectivity index (χ2n) is 6.43. The van der Waals surface area contributed by atoms with Gasteiger partial charge in [0, 0.05) is 11.0 Å². The van der Waals surface area contributed by atoms with E-state index in [-0.39, 0.29) is 23.4 Å². The second-order valence-corrected chi connectivity index (χ2v) is 6.43. The normalized spacial score (nSPS) is 23.9. The highest BCUT2D eigenvalue weighted by Gasteiger charge is 2.48. The van der Waals surface area contributed by atoms with Gasteiger partial charge in [-0.15, -0.1) is 0 Å². The zero-order valence-corrected chi connectivity index (χ0v) is 13.2. The van der Waals surface area contributed by atoms with Crippen LogP contribution in [0.2, 0.25) is 0 Å². The predicted octanol–water partition coefficient (Wildman–Crippen LogP) is 2.55. The molecule has 1 aromatic rings. The Balaban J connectivity index is 2.02. The van der Waals surface area contributed by atoms with E-state index in [1.807, 2.05) is 30.3 Å². The van der Waals surface area contributed by atoms with Crippen molar-refractivity contribution in [3.63, 3.8) is 0 Å². The molecule has 0 fully saturated rings. The van der Waals surface area contributed by atoms with Crippen molar-refractivity contribution in [1.82, 2.24) is 0 Å². The van der Waals surface area contributed by atoms with Crippen LogP contribution in [0, 0.1) is 5.41 Å². The Labute approximate surface area is 143 Å². The first kappa shape index (κ1) is 15.3. The molecule has 0 aliphatic heterocycles. The number of carbonyl (C=O) groups excluding carboxylic acids is 1. The lowest BCUT2D eigenvalue weighted by atomic mass is 9.58. The zero-order valence-electron chi connectivity index (χ0n) is 13.2. The quantitative estimate of drug-likeness (QED) is 0.867. The molecule has 0 radical (unpaired) electrons. The van der Waals surface area contributed by atoms with Crippen LogP contribution in [0.1, 0.15) is 17.5 Å². The van der Waals surface area contributed by atoms with Crippen molar-refractivity contribution in [3.8, 4) is 0 Å². The number of hydrogen-bond donors (Lipinski definition) is 2. The molecule has 0 saturated heterocycles. The number of fused-ring (bicyclic) bond motifs is 1. The van der Waals surface area contributed by atoms with E-state index in [9.17, 15) is 24.6 Å². The van der Waals surface area contributed by atoms with Crippen LogP contribution in [0.5, 0.6) is 0 Å². The van der Waals surface area contributed by atoms with Gasteiger partial charge in [-0.1, -0.05) is 36.4 Å². The number of hydrogen-bond acceptors (Lipinski definition) is 3. The highest BCUT2D eigenvalue weighted by molar-refractivity contribution is 6.14. The van der Waals surface area contributed by atoms with E-state index in [0.29, 0.717) is 17.6 Å². The molecular formula is C20H14O5. The Hall–Kier alpha value is -3.21. The third kappa shape index (κ3) is 2.05. The second kappa shape index (κ2) is 5.14. The molecule has 2 N–H and O–H groups in total. The summed E-state index contributed by atoms with van der Waals surface area (Å²) in [6, 6.07) is 7.66. The van der Waals surface area contributed by atoms with Crippen LogP contribution < -0.4 is 0 Å². The molecule has 0 amide bonds. The number of carbonyl (C=O) groups is 3. The number of allylic oxidation sites excluding steroid dienone is 5. The molecule has 0 bridgehead atoms. The summed E-state index contributed by atoms with van der Waals surface area (Å²) in [6.45, 7) is 0. The fourth-order valence-electron chi connectivity index (χ4n) is 4.07. The molecule has 4 rings (SSSR count). The van der Waals surface area contributed by atoms with E-state index < -0.39 is 17.4 Å². The molecule has 124 valence electrons. The summed E-state index contributed by atoms with van der Waals surface area (Å²) in [6.07, 6.45) is 6.82. The number of ketones is 1. The first-order chi connectivity index (χ1) is 11.9. The maximum absolute atomic E-state index is 12.5. The van der Waals surface area contributed by atoms with Gasteiger partial charge in [-0.25, -0.2) is 9.59 Å². The third-order valence-electron chi connectivity index (χ3n) is 5.18. The Morgan fingerprint density at radius 3 is 2.52 bits per heavy atom. The molecule has 3 aliphatic rings. The minimum atomic E-state index is -1.29. The van der Waals surface area contributed by atoms with E-state index in [1.165, 1.54) is 18.2 Å². The number of carboxylic acid groups (broad SMARTS) is 2. The van der Waals surface area contributed by atoms with E-state index >= 15 is 0 Å². The Morgan fingerprint density at radius 2 is 1.80 bits per heavy atom. The van der Waals surface area contributed by atoms with Crippen LogP contribution in [0.15, 0.2) is 64.8 Å². The highest BCUT2D eigenvalue weighted by atomic mass is 16.4. The lowest BCUT2D eigenvalue weighted by Gasteiger charge is -2.44. The van der Waals surface area contributed by atoms with Crippen LogP contribution in [0.25, 0.3) is 6.08 Å².